The van der Waals surface area contributed by atoms with Gasteiger partial charge in [0.2, 0.25) is 5.75 Å². The van der Waals surface area contributed by atoms with E-state index in [1.807, 2.05) is 12.1 Å². The summed E-state index contributed by atoms with van der Waals surface area (Å²) in [5.41, 5.74) is 3.83. The summed E-state index contributed by atoms with van der Waals surface area (Å²) < 4.78 is 39.1. The Hall–Kier alpha value is -5.79. The highest BCUT2D eigenvalue weighted by molar-refractivity contribution is 5.91. The Balaban J connectivity index is 0.000000281. The fourth-order valence-electron chi connectivity index (χ4n) is 9.06. The molecule has 65 heavy (non-hydrogen) atoms. The first-order chi connectivity index (χ1) is 31.5. The van der Waals surface area contributed by atoms with Gasteiger partial charge in [0, 0.05) is 42.9 Å². The first-order valence-corrected chi connectivity index (χ1v) is 20.5. The minimum atomic E-state index is -0.670. The van der Waals surface area contributed by atoms with Gasteiger partial charge in [0.1, 0.15) is 18.0 Å². The van der Waals surface area contributed by atoms with Gasteiger partial charge >= 0.3 is 11.9 Å². The molecule has 6 atom stereocenters. The van der Waals surface area contributed by atoms with Crippen LogP contribution in [-0.4, -0.2) is 147 Å². The lowest BCUT2D eigenvalue weighted by molar-refractivity contribution is -0.176. The molecule has 1 N–H and O–H groups in total. The molecule has 0 spiro atoms. The Kier molecular flexibility index (Phi) is 16.4. The zero-order chi connectivity index (χ0) is 46.9. The zero-order valence-electron chi connectivity index (χ0n) is 38.6. The molecular formula is C42H58N8O15. The van der Waals surface area contributed by atoms with E-state index < -0.39 is 24.1 Å². The van der Waals surface area contributed by atoms with Crippen LogP contribution in [0, 0.1) is 17.8 Å². The summed E-state index contributed by atoms with van der Waals surface area (Å²) in [5.74, 6) is 0.477. The average molecular weight is 915 g/mol. The number of nitrogens with one attached hydrogen (secondary N) is 1. The second-order valence-corrected chi connectivity index (χ2v) is 14.8. The number of aromatic amines is 1. The van der Waals surface area contributed by atoms with Crippen molar-refractivity contribution in [3.05, 3.63) is 47.2 Å². The van der Waals surface area contributed by atoms with Crippen LogP contribution in [0.4, 0.5) is 17.8 Å². The van der Waals surface area contributed by atoms with Crippen LogP contribution in [0.2, 0.25) is 0 Å². The number of carbonyl (C=O) groups is 2. The normalized spacial score (nSPS) is 21.1. The maximum absolute atomic E-state index is 13.5. The maximum Gasteiger partial charge on any atom is 0.338 e. The number of fused-ring (bicyclic) bond motifs is 6. The van der Waals surface area contributed by atoms with E-state index in [0.29, 0.717) is 23.7 Å². The van der Waals surface area contributed by atoms with Crippen molar-refractivity contribution in [3.63, 3.8) is 0 Å². The summed E-state index contributed by atoms with van der Waals surface area (Å²) in [6.07, 6.45) is 0.920. The molecule has 356 valence electrons. The monoisotopic (exact) mass is 914 g/mol. The fourth-order valence-corrected chi connectivity index (χ4v) is 9.06. The zero-order valence-corrected chi connectivity index (χ0v) is 38.6. The van der Waals surface area contributed by atoms with Crippen LogP contribution >= 0.6 is 0 Å². The van der Waals surface area contributed by atoms with E-state index in [1.165, 1.54) is 87.7 Å². The molecule has 1 aliphatic carbocycles. The number of carbonyl (C=O) groups excluding carboxylic acids is 2. The van der Waals surface area contributed by atoms with Crippen molar-refractivity contribution in [2.24, 2.45) is 17.8 Å². The molecule has 0 unspecified atom stereocenters. The van der Waals surface area contributed by atoms with Gasteiger partial charge < -0.3 is 38.1 Å². The number of ether oxygens (including phenoxy) is 7. The lowest BCUT2D eigenvalue weighted by Crippen LogP contribution is -2.58. The quantitative estimate of drug-likeness (QED) is 0.117. The van der Waals surface area contributed by atoms with E-state index in [-0.39, 0.29) is 47.3 Å². The predicted octanol–water partition coefficient (Wildman–Crippen LogP) is 3.83. The van der Waals surface area contributed by atoms with Crippen molar-refractivity contribution in [2.45, 2.75) is 37.5 Å². The van der Waals surface area contributed by atoms with E-state index >= 15 is 0 Å². The molecule has 0 radical (unpaired) electrons. The number of anilines is 3. The molecule has 2 aliphatic heterocycles. The number of H-pyrrole nitrogens is 1. The molecular weight excluding hydrogens is 857 g/mol. The van der Waals surface area contributed by atoms with Crippen molar-refractivity contribution in [3.8, 4) is 23.0 Å². The first-order valence-electron chi connectivity index (χ1n) is 20.5. The summed E-state index contributed by atoms with van der Waals surface area (Å²) in [4.78, 5) is 75.0. The molecule has 1 saturated heterocycles. The maximum atomic E-state index is 13.5. The van der Waals surface area contributed by atoms with Crippen molar-refractivity contribution in [1.82, 2.24) is 24.8 Å². The number of esters is 2. The largest absolute Gasteiger partial charge is 0.497 e. The SMILES string of the molecule is COC(=O)[C@H]1[C@H]2C[C@@H]3c4[nH]c5cc(OC)ccc5c4CCN3C[C@H]2C[C@@H](OC(=O)c2cc(OC)c(OC)c(OC)c2)[C@@H]1OC.CON(OC)c1nc(N(OC)OC)nc(N(OC)OC)n1. The van der Waals surface area contributed by atoms with Crippen LogP contribution in [0.1, 0.15) is 40.5 Å². The number of methoxy groups -OCH3 is 6. The van der Waals surface area contributed by atoms with Crippen LogP contribution in [-0.2, 0) is 54.5 Å². The Morgan fingerprint density at radius 1 is 0.708 bits per heavy atom. The molecule has 23 heteroatoms. The number of hydrogen-bond donors (Lipinski definition) is 1. The smallest absolute Gasteiger partial charge is 0.338 e. The first kappa shape index (κ1) is 48.7. The Morgan fingerprint density at radius 3 is 1.75 bits per heavy atom. The van der Waals surface area contributed by atoms with Gasteiger partial charge in [-0.25, -0.2) is 33.8 Å². The van der Waals surface area contributed by atoms with Crippen molar-refractivity contribution in [1.29, 1.82) is 0 Å². The van der Waals surface area contributed by atoms with E-state index in [2.05, 4.69) is 30.9 Å². The molecule has 0 amide bonds. The molecule has 2 aromatic heterocycles. The van der Waals surface area contributed by atoms with E-state index in [4.69, 9.17) is 62.2 Å². The van der Waals surface area contributed by atoms with Gasteiger partial charge in [-0.2, -0.15) is 15.0 Å². The van der Waals surface area contributed by atoms with E-state index in [9.17, 15) is 9.59 Å². The van der Waals surface area contributed by atoms with Crippen molar-refractivity contribution in [2.75, 3.05) is 114 Å². The van der Waals surface area contributed by atoms with Gasteiger partial charge in [-0.15, -0.1) is 0 Å². The highest BCUT2D eigenvalue weighted by Gasteiger charge is 2.54. The minimum Gasteiger partial charge on any atom is -0.497 e. The van der Waals surface area contributed by atoms with Gasteiger partial charge in [0.25, 0.3) is 17.8 Å². The Morgan fingerprint density at radius 2 is 1.28 bits per heavy atom. The molecule has 23 nitrogen and oxygen atoms in total. The molecule has 2 fully saturated rings. The highest BCUT2D eigenvalue weighted by atomic mass is 17.0. The van der Waals surface area contributed by atoms with Crippen LogP contribution in [0.25, 0.3) is 10.9 Å². The third-order valence-corrected chi connectivity index (χ3v) is 11.8. The van der Waals surface area contributed by atoms with Crippen LogP contribution in [0.5, 0.6) is 23.0 Å². The van der Waals surface area contributed by atoms with Crippen molar-refractivity contribution < 1.29 is 71.8 Å². The van der Waals surface area contributed by atoms with E-state index in [0.717, 1.165) is 52.9 Å². The number of benzene rings is 2. The Bertz CT molecular complexity index is 2140. The van der Waals surface area contributed by atoms with Gasteiger partial charge in [0.05, 0.1) is 95.7 Å². The molecule has 1 saturated carbocycles. The Labute approximate surface area is 376 Å². The van der Waals surface area contributed by atoms with E-state index in [1.54, 1.807) is 26.4 Å². The number of rotatable bonds is 17. The number of nitrogens with zero attached hydrogens (tertiary/aromatic N) is 7. The number of aromatic nitrogens is 4. The lowest BCUT2D eigenvalue weighted by Gasteiger charge is -2.52. The second-order valence-electron chi connectivity index (χ2n) is 14.8. The standard InChI is InChI=1S/C33H40N2O9.C9H18N6O6/c1-38-19-7-8-20-21-9-10-35-16-18-13-27(44-32(36)17-11-25(39-2)30(41-4)26(12-17)40-3)31(42-5)28(33(37)43-6)22(18)15-24(35)29(21)34-23(20)14-19;1-16-13(17-2)7-10-8(14(18-3)19-4)12-9(11-7)15(20-5)21-6/h7-8,11-12,14,18,22,24,27-28,31,34H,9-10,13,15-16H2,1-6H3;1-6H3/t18-,22+,24-,27-,28+,31+;/m1./s1. The van der Waals surface area contributed by atoms with Gasteiger partial charge in [-0.05, 0) is 60.9 Å². The molecule has 4 aromatic rings. The summed E-state index contributed by atoms with van der Waals surface area (Å²) >= 11 is 0. The van der Waals surface area contributed by atoms with Crippen molar-refractivity contribution >= 4 is 40.7 Å². The summed E-state index contributed by atoms with van der Waals surface area (Å²) in [7, 11) is 17.4. The third kappa shape index (κ3) is 9.91. The minimum absolute atomic E-state index is 0.0122. The van der Waals surface area contributed by atoms with Gasteiger partial charge in [-0.1, -0.05) is 15.7 Å². The molecule has 3 aliphatic rings. The summed E-state index contributed by atoms with van der Waals surface area (Å²) in [6, 6.07) is 9.40. The summed E-state index contributed by atoms with van der Waals surface area (Å²) in [5, 5.41) is 4.05. The molecule has 2 aromatic carbocycles. The number of hydrogen-bond acceptors (Lipinski definition) is 22. The molecule has 4 heterocycles. The predicted molar refractivity (Wildman–Crippen MR) is 230 cm³/mol. The second kappa shape index (κ2) is 21.9. The topological polar surface area (TPSA) is 222 Å². The van der Waals surface area contributed by atoms with Crippen LogP contribution < -0.4 is 34.6 Å². The average Bonchev–Trinajstić information content (AvgIpc) is 3.72. The molecule has 7 rings (SSSR count). The van der Waals surface area contributed by atoms with Gasteiger partial charge in [-0.3, -0.25) is 9.69 Å². The summed E-state index contributed by atoms with van der Waals surface area (Å²) in [6.45, 7) is 1.68. The molecule has 0 bridgehead atoms. The fraction of sp³-hybridized carbons (Fsp3) is 0.548. The highest BCUT2D eigenvalue weighted by Crippen LogP contribution is 2.51. The van der Waals surface area contributed by atoms with Crippen LogP contribution in [0.15, 0.2) is 30.3 Å². The van der Waals surface area contributed by atoms with Crippen LogP contribution in [0.3, 0.4) is 0 Å². The van der Waals surface area contributed by atoms with Gasteiger partial charge in [0.15, 0.2) is 11.5 Å². The lowest BCUT2D eigenvalue weighted by atomic mass is 9.63. The third-order valence-electron chi connectivity index (χ3n) is 11.8. The number of piperidine rings is 1.